The third-order valence-electron chi connectivity index (χ3n) is 4.62. The summed E-state index contributed by atoms with van der Waals surface area (Å²) in [7, 11) is 1.55. The fourth-order valence-corrected chi connectivity index (χ4v) is 2.90. The van der Waals surface area contributed by atoms with Gasteiger partial charge in [0, 0.05) is 12.0 Å². The number of nitrogens with zero attached hydrogens (tertiary/aromatic N) is 1. The number of methoxy groups -OCH3 is 1. The maximum absolute atomic E-state index is 12.7. The summed E-state index contributed by atoms with van der Waals surface area (Å²) in [5.74, 6) is -0.997. The van der Waals surface area contributed by atoms with Gasteiger partial charge in [-0.05, 0) is 62.7 Å². The second-order valence-electron chi connectivity index (χ2n) is 8.57. The fraction of sp³-hybridized carbons (Fsp3) is 0.360. The number of benzene rings is 2. The molecule has 0 aliphatic carbocycles. The number of ether oxygens (including phenoxy) is 4. The molecule has 0 aliphatic heterocycles. The number of esters is 1. The Labute approximate surface area is 208 Å². The summed E-state index contributed by atoms with van der Waals surface area (Å²) in [5.41, 5.74) is -0.345. The van der Waals surface area contributed by atoms with Crippen molar-refractivity contribution in [3.63, 3.8) is 0 Å². The van der Waals surface area contributed by atoms with Crippen molar-refractivity contribution in [1.82, 2.24) is 5.32 Å². The average molecular weight is 503 g/mol. The molecule has 0 radical (unpaired) electrons. The largest absolute Gasteiger partial charge is 0.497 e. The highest BCUT2D eigenvalue weighted by Gasteiger charge is 2.26. The summed E-state index contributed by atoms with van der Waals surface area (Å²) in [6.45, 7) is 5.13. The molecule has 0 aliphatic rings. The highest BCUT2D eigenvalue weighted by molar-refractivity contribution is 6.42. The van der Waals surface area contributed by atoms with Crippen molar-refractivity contribution in [3.05, 3.63) is 59.7 Å². The molecule has 0 saturated carbocycles. The Morgan fingerprint density at radius 3 is 2.14 bits per heavy atom. The Balaban J connectivity index is 2.00. The van der Waals surface area contributed by atoms with Gasteiger partial charge in [-0.3, -0.25) is 0 Å². The molecule has 0 bridgehead atoms. The van der Waals surface area contributed by atoms with Crippen molar-refractivity contribution in [2.45, 2.75) is 45.4 Å². The fourth-order valence-electron chi connectivity index (χ4n) is 2.90. The Kier molecular flexibility index (Phi) is 10.1. The molecule has 11 nitrogen and oxygen atoms in total. The second kappa shape index (κ2) is 13.0. The van der Waals surface area contributed by atoms with Crippen LogP contribution in [0.15, 0.2) is 53.7 Å². The van der Waals surface area contributed by atoms with E-state index < -0.39 is 35.4 Å². The first kappa shape index (κ1) is 28.0. The van der Waals surface area contributed by atoms with Crippen molar-refractivity contribution >= 4 is 23.7 Å². The first-order valence-electron chi connectivity index (χ1n) is 11.0. The number of nitrogens with one attached hydrogen (secondary N) is 1. The third kappa shape index (κ3) is 9.16. The molecule has 2 rings (SSSR count). The number of carboxylic acids is 1. The van der Waals surface area contributed by atoms with E-state index >= 15 is 0 Å². The molecule has 0 spiro atoms. The van der Waals surface area contributed by atoms with Crippen LogP contribution in [0, 0.1) is 0 Å². The number of carbonyl (C=O) groups is 3. The minimum Gasteiger partial charge on any atom is -0.497 e. The van der Waals surface area contributed by atoms with E-state index in [4.69, 9.17) is 29.3 Å². The molecular weight excluding hydrogens is 472 g/mol. The average Bonchev–Trinajstić information content (AvgIpc) is 2.82. The van der Waals surface area contributed by atoms with E-state index in [9.17, 15) is 14.4 Å². The number of hydrogen-bond acceptors (Lipinski definition) is 9. The molecule has 1 unspecified atom stereocenters. The van der Waals surface area contributed by atoms with E-state index in [0.717, 1.165) is 5.56 Å². The van der Waals surface area contributed by atoms with Gasteiger partial charge in [0.05, 0.1) is 13.7 Å². The lowest BCUT2D eigenvalue weighted by Crippen LogP contribution is -2.45. The molecule has 0 fully saturated rings. The molecule has 194 valence electrons. The molecule has 2 aromatic carbocycles. The molecule has 36 heavy (non-hydrogen) atoms. The van der Waals surface area contributed by atoms with Crippen molar-refractivity contribution in [3.8, 4) is 11.5 Å². The summed E-state index contributed by atoms with van der Waals surface area (Å²) in [6, 6.07) is 11.8. The first-order valence-corrected chi connectivity index (χ1v) is 11.0. The van der Waals surface area contributed by atoms with Gasteiger partial charge in [-0.15, -0.1) is 0 Å². The lowest BCUT2D eigenvalue weighted by Gasteiger charge is -2.23. The van der Waals surface area contributed by atoms with Crippen LogP contribution in [-0.4, -0.2) is 59.4 Å². The van der Waals surface area contributed by atoms with Crippen LogP contribution in [0.3, 0.4) is 0 Å². The van der Waals surface area contributed by atoms with Crippen molar-refractivity contribution in [2.24, 2.45) is 5.16 Å². The molecular formula is C25H30N2O9. The second-order valence-corrected chi connectivity index (χ2v) is 8.57. The molecule has 0 saturated heterocycles. The van der Waals surface area contributed by atoms with Crippen molar-refractivity contribution in [2.75, 3.05) is 13.7 Å². The topological polar surface area (TPSA) is 153 Å². The molecule has 1 amide bonds. The summed E-state index contributed by atoms with van der Waals surface area (Å²) in [5, 5.41) is 23.1. The zero-order valence-corrected chi connectivity index (χ0v) is 20.5. The number of amides is 1. The third-order valence-corrected chi connectivity index (χ3v) is 4.62. The molecule has 0 heterocycles. The number of rotatable bonds is 11. The number of carboxylic acid groups (broad SMARTS) is 1. The lowest BCUT2D eigenvalue weighted by atomic mass is 10.1. The Bertz CT molecular complexity index is 1060. The quantitative estimate of drug-likeness (QED) is 0.182. The summed E-state index contributed by atoms with van der Waals surface area (Å²) >= 11 is 0. The van der Waals surface area contributed by atoms with E-state index in [1.54, 1.807) is 52.1 Å². The van der Waals surface area contributed by atoms with Crippen LogP contribution in [0.5, 0.6) is 11.5 Å². The van der Waals surface area contributed by atoms with Gasteiger partial charge in [0.2, 0.25) is 0 Å². The van der Waals surface area contributed by atoms with E-state index in [0.29, 0.717) is 11.5 Å². The minimum atomic E-state index is -1.38. The predicted octanol–water partition coefficient (Wildman–Crippen LogP) is 3.36. The van der Waals surface area contributed by atoms with Crippen LogP contribution < -0.4 is 14.8 Å². The SMILES string of the molecule is COc1ccc(COC(=O)C(CCOc2ccc(C(=NO)C(=O)O)cc2)NC(=O)OC(C)(C)C)cc1. The standard InChI is InChI=1S/C25H30N2O9/c1-25(2,3)36-24(31)26-20(23(30)35-15-16-5-9-18(33-4)10-6-16)13-14-34-19-11-7-17(8-12-19)21(27-32)22(28)29/h5-12,20,32H,13-15H2,1-4H3,(H,26,31)(H,28,29). The lowest BCUT2D eigenvalue weighted by molar-refractivity contribution is -0.148. The normalized spacial score (nSPS) is 12.3. The molecule has 2 aromatic rings. The predicted molar refractivity (Wildman–Crippen MR) is 128 cm³/mol. The summed E-state index contributed by atoms with van der Waals surface area (Å²) in [4.78, 5) is 36.1. The Morgan fingerprint density at radius 2 is 1.61 bits per heavy atom. The maximum Gasteiger partial charge on any atom is 0.408 e. The number of carbonyl (C=O) groups excluding carboxylic acids is 2. The van der Waals surface area contributed by atoms with Crippen LogP contribution in [-0.2, 0) is 25.7 Å². The van der Waals surface area contributed by atoms with Gasteiger partial charge in [-0.2, -0.15) is 0 Å². The Morgan fingerprint density at radius 1 is 1.00 bits per heavy atom. The van der Waals surface area contributed by atoms with Crippen LogP contribution in [0.1, 0.15) is 38.3 Å². The molecule has 3 N–H and O–H groups in total. The van der Waals surface area contributed by atoms with Gasteiger partial charge in [-0.1, -0.05) is 17.3 Å². The maximum atomic E-state index is 12.7. The van der Waals surface area contributed by atoms with Crippen LogP contribution >= 0.6 is 0 Å². The molecule has 11 heteroatoms. The van der Waals surface area contributed by atoms with Gasteiger partial charge >= 0.3 is 18.0 Å². The number of hydrogen-bond donors (Lipinski definition) is 3. The van der Waals surface area contributed by atoms with E-state index in [1.165, 1.54) is 24.3 Å². The zero-order valence-electron chi connectivity index (χ0n) is 20.5. The highest BCUT2D eigenvalue weighted by atomic mass is 16.6. The Hall–Kier alpha value is -4.28. The molecule has 1 atom stereocenters. The number of alkyl carbamates (subject to hydrolysis) is 1. The van der Waals surface area contributed by atoms with Crippen LogP contribution in [0.4, 0.5) is 4.79 Å². The van der Waals surface area contributed by atoms with Gasteiger partial charge in [0.25, 0.3) is 0 Å². The van der Waals surface area contributed by atoms with Gasteiger partial charge in [0.1, 0.15) is 29.7 Å². The minimum absolute atomic E-state index is 0.00400. The van der Waals surface area contributed by atoms with Crippen LogP contribution in [0.25, 0.3) is 0 Å². The van der Waals surface area contributed by atoms with E-state index in [-0.39, 0.29) is 25.2 Å². The zero-order chi connectivity index (χ0) is 26.7. The van der Waals surface area contributed by atoms with E-state index in [1.807, 2.05) is 0 Å². The number of oxime groups is 1. The van der Waals surface area contributed by atoms with Gasteiger partial charge < -0.3 is 34.6 Å². The summed E-state index contributed by atoms with van der Waals surface area (Å²) in [6.07, 6.45) is -0.705. The first-order chi connectivity index (χ1) is 17.0. The van der Waals surface area contributed by atoms with E-state index in [2.05, 4.69) is 10.5 Å². The van der Waals surface area contributed by atoms with Gasteiger partial charge in [-0.25, -0.2) is 14.4 Å². The van der Waals surface area contributed by atoms with Crippen molar-refractivity contribution in [1.29, 1.82) is 0 Å². The highest BCUT2D eigenvalue weighted by Crippen LogP contribution is 2.15. The number of aliphatic carboxylic acids is 1. The monoisotopic (exact) mass is 502 g/mol. The smallest absolute Gasteiger partial charge is 0.408 e. The summed E-state index contributed by atoms with van der Waals surface area (Å²) < 4.78 is 21.3. The van der Waals surface area contributed by atoms with Gasteiger partial charge in [0.15, 0.2) is 5.71 Å². The van der Waals surface area contributed by atoms with Crippen LogP contribution in [0.2, 0.25) is 0 Å². The van der Waals surface area contributed by atoms with Crippen molar-refractivity contribution < 1.29 is 43.6 Å². The molecule has 0 aromatic heterocycles.